The number of carbonyl (C=O) groups excluding carboxylic acids is 2. The minimum atomic E-state index is -3.36. The van der Waals surface area contributed by atoms with Gasteiger partial charge in [0.1, 0.15) is 6.61 Å². The molecular formula is C23H30FNO6S. The number of aliphatic hydroxyl groups is 1. The normalized spacial score (nSPS) is 20.6. The number of nitrogens with one attached hydrogen (secondary N) is 1. The van der Waals surface area contributed by atoms with E-state index in [-0.39, 0.29) is 48.0 Å². The number of amides is 2. The van der Waals surface area contributed by atoms with E-state index in [2.05, 4.69) is 5.32 Å². The average molecular weight is 468 g/mol. The maximum atomic E-state index is 14.1. The Labute approximate surface area is 188 Å². The van der Waals surface area contributed by atoms with E-state index in [0.29, 0.717) is 25.7 Å². The minimum Gasteiger partial charge on any atom is -0.488 e. The van der Waals surface area contributed by atoms with Gasteiger partial charge in [0.25, 0.3) is 0 Å². The van der Waals surface area contributed by atoms with Crippen molar-refractivity contribution in [1.82, 2.24) is 5.32 Å². The van der Waals surface area contributed by atoms with Crippen LogP contribution in [0.2, 0.25) is 0 Å². The number of halogens is 1. The first-order valence-corrected chi connectivity index (χ1v) is 12.6. The van der Waals surface area contributed by atoms with E-state index in [4.69, 9.17) is 4.74 Å². The molecule has 7 nitrogen and oxygen atoms in total. The molecule has 32 heavy (non-hydrogen) atoms. The van der Waals surface area contributed by atoms with Gasteiger partial charge in [-0.2, -0.15) is 0 Å². The summed E-state index contributed by atoms with van der Waals surface area (Å²) in [5.74, 6) is -1.54. The van der Waals surface area contributed by atoms with Crippen LogP contribution in [0.1, 0.15) is 51.5 Å². The maximum absolute atomic E-state index is 14.1. The predicted molar refractivity (Wildman–Crippen MR) is 117 cm³/mol. The number of benzene rings is 1. The van der Waals surface area contributed by atoms with E-state index in [1.54, 1.807) is 32.1 Å². The molecule has 9 heteroatoms. The van der Waals surface area contributed by atoms with Crippen molar-refractivity contribution in [2.75, 3.05) is 18.1 Å². The van der Waals surface area contributed by atoms with Crippen molar-refractivity contribution < 1.29 is 32.2 Å². The molecule has 1 saturated carbocycles. The highest BCUT2D eigenvalue weighted by Gasteiger charge is 2.47. The van der Waals surface area contributed by atoms with E-state index in [9.17, 15) is 27.5 Å². The molecule has 2 amide bonds. The Balaban J connectivity index is 1.56. The number of allylic oxidation sites excluding steroid dienone is 2. The highest BCUT2D eigenvalue weighted by Crippen LogP contribution is 2.50. The van der Waals surface area contributed by atoms with Crippen LogP contribution in [0.4, 0.5) is 4.39 Å². The van der Waals surface area contributed by atoms with Gasteiger partial charge in [0.15, 0.2) is 21.4 Å². The molecule has 1 atom stereocenters. The second kappa shape index (κ2) is 9.31. The Bertz CT molecular complexity index is 1010. The maximum Gasteiger partial charge on any atom is 0.230 e. The lowest BCUT2D eigenvalue weighted by Gasteiger charge is -2.20. The van der Waals surface area contributed by atoms with Gasteiger partial charge in [0.2, 0.25) is 11.8 Å². The van der Waals surface area contributed by atoms with Gasteiger partial charge in [-0.25, -0.2) is 12.8 Å². The Morgan fingerprint density at radius 1 is 1.28 bits per heavy atom. The van der Waals surface area contributed by atoms with Crippen LogP contribution in [-0.2, 0) is 24.8 Å². The fraction of sp³-hybridized carbons (Fsp3) is 0.565. The Hall–Kier alpha value is -2.26. The first-order valence-electron chi connectivity index (χ1n) is 10.7. The van der Waals surface area contributed by atoms with E-state index in [1.165, 1.54) is 12.1 Å². The van der Waals surface area contributed by atoms with Crippen molar-refractivity contribution in [3.63, 3.8) is 0 Å². The predicted octanol–water partition coefficient (Wildman–Crippen LogP) is 2.42. The fourth-order valence-corrected chi connectivity index (χ4v) is 5.72. The first-order chi connectivity index (χ1) is 14.9. The molecule has 1 aromatic rings. The summed E-state index contributed by atoms with van der Waals surface area (Å²) in [6, 6.07) is 4.41. The van der Waals surface area contributed by atoms with Crippen LogP contribution in [-0.4, -0.2) is 49.1 Å². The Morgan fingerprint density at radius 3 is 2.59 bits per heavy atom. The summed E-state index contributed by atoms with van der Waals surface area (Å²) < 4.78 is 44.9. The molecule has 0 spiro atoms. The third kappa shape index (κ3) is 6.62. The zero-order valence-corrected chi connectivity index (χ0v) is 19.2. The Kier molecular flexibility index (Phi) is 7.09. The number of hydrogen-bond acceptors (Lipinski definition) is 6. The molecule has 3 rings (SSSR count). The molecule has 2 fully saturated rings. The summed E-state index contributed by atoms with van der Waals surface area (Å²) in [4.78, 5) is 22.7. The SMILES string of the molecule is CC(C)(O)COc1cc(C2(CS(=O)(=O)CC/C=C/CC3CC(=O)NC3=O)CC2)ccc1F. The topological polar surface area (TPSA) is 110 Å². The summed E-state index contributed by atoms with van der Waals surface area (Å²) in [7, 11) is -3.36. The lowest BCUT2D eigenvalue weighted by molar-refractivity contribution is -0.125. The Morgan fingerprint density at radius 2 is 2.00 bits per heavy atom. The second-order valence-corrected chi connectivity index (χ2v) is 11.6. The summed E-state index contributed by atoms with van der Waals surface area (Å²) in [5.41, 5.74) is -0.931. The van der Waals surface area contributed by atoms with E-state index in [0.717, 1.165) is 5.56 Å². The molecule has 1 saturated heterocycles. The lowest BCUT2D eigenvalue weighted by atomic mass is 9.98. The molecule has 1 aliphatic heterocycles. The van der Waals surface area contributed by atoms with Crippen molar-refractivity contribution in [2.45, 2.75) is 57.0 Å². The lowest BCUT2D eigenvalue weighted by Crippen LogP contribution is -2.28. The first kappa shape index (κ1) is 24.4. The minimum absolute atomic E-state index is 0.00524. The van der Waals surface area contributed by atoms with Gasteiger partial charge in [-0.3, -0.25) is 14.9 Å². The van der Waals surface area contributed by atoms with Crippen LogP contribution in [0.3, 0.4) is 0 Å². The number of imide groups is 1. The smallest absolute Gasteiger partial charge is 0.230 e. The van der Waals surface area contributed by atoms with Gasteiger partial charge in [-0.1, -0.05) is 18.2 Å². The van der Waals surface area contributed by atoms with E-state index >= 15 is 0 Å². The zero-order valence-electron chi connectivity index (χ0n) is 18.4. The largest absolute Gasteiger partial charge is 0.488 e. The van der Waals surface area contributed by atoms with Crippen LogP contribution >= 0.6 is 0 Å². The number of hydrogen-bond donors (Lipinski definition) is 2. The van der Waals surface area contributed by atoms with Gasteiger partial charge in [0, 0.05) is 11.8 Å². The molecule has 1 unspecified atom stereocenters. The van der Waals surface area contributed by atoms with E-state index in [1.807, 2.05) is 0 Å². The van der Waals surface area contributed by atoms with E-state index < -0.39 is 26.7 Å². The zero-order chi connectivity index (χ0) is 23.6. The molecule has 0 aromatic heterocycles. The molecule has 1 aromatic carbocycles. The average Bonchev–Trinajstić information content (AvgIpc) is 3.37. The van der Waals surface area contributed by atoms with Crippen molar-refractivity contribution in [3.8, 4) is 5.75 Å². The standard InChI is InChI=1S/C23H30FNO6S/c1-22(2,28)14-31-19-13-17(7-8-18(19)24)23(9-10-23)15-32(29,30)11-5-3-4-6-16-12-20(26)25-21(16)27/h3-4,7-8,13,16,28H,5-6,9-12,14-15H2,1-2H3,(H,25,26,27)/b4-3+. The summed E-state index contributed by atoms with van der Waals surface area (Å²) in [6.45, 7) is 3.03. The van der Waals surface area contributed by atoms with Crippen LogP contribution in [0.5, 0.6) is 5.75 Å². The third-order valence-corrected chi connectivity index (χ3v) is 7.57. The third-order valence-electron chi connectivity index (χ3n) is 5.72. The fourth-order valence-electron chi connectivity index (χ4n) is 3.78. The molecule has 2 aliphatic rings. The summed E-state index contributed by atoms with van der Waals surface area (Å²) >= 11 is 0. The van der Waals surface area contributed by atoms with Gasteiger partial charge >= 0.3 is 0 Å². The van der Waals surface area contributed by atoms with Crippen molar-refractivity contribution in [3.05, 3.63) is 41.7 Å². The van der Waals surface area contributed by atoms with Crippen molar-refractivity contribution >= 4 is 21.7 Å². The van der Waals surface area contributed by atoms with Gasteiger partial charge < -0.3 is 9.84 Å². The molecule has 0 bridgehead atoms. The summed E-state index contributed by atoms with van der Waals surface area (Å²) in [5, 5.41) is 12.1. The molecule has 2 N–H and O–H groups in total. The summed E-state index contributed by atoms with van der Waals surface area (Å²) in [6.07, 6.45) is 5.77. The van der Waals surface area contributed by atoms with Crippen LogP contribution < -0.4 is 10.1 Å². The van der Waals surface area contributed by atoms with Gasteiger partial charge in [0.05, 0.1) is 23.0 Å². The molecule has 1 aliphatic carbocycles. The monoisotopic (exact) mass is 467 g/mol. The van der Waals surface area contributed by atoms with Gasteiger partial charge in [-0.05, 0) is 57.2 Å². The van der Waals surface area contributed by atoms with Crippen molar-refractivity contribution in [1.29, 1.82) is 0 Å². The molecule has 1 heterocycles. The van der Waals surface area contributed by atoms with Crippen LogP contribution in [0.25, 0.3) is 0 Å². The molecular weight excluding hydrogens is 437 g/mol. The van der Waals surface area contributed by atoms with Crippen molar-refractivity contribution in [2.24, 2.45) is 5.92 Å². The number of carbonyl (C=O) groups is 2. The molecule has 0 radical (unpaired) electrons. The second-order valence-electron chi connectivity index (χ2n) is 9.43. The van der Waals surface area contributed by atoms with Crippen LogP contribution in [0, 0.1) is 11.7 Å². The quantitative estimate of drug-likeness (QED) is 0.382. The van der Waals surface area contributed by atoms with Gasteiger partial charge in [-0.15, -0.1) is 0 Å². The van der Waals surface area contributed by atoms with Crippen LogP contribution in [0.15, 0.2) is 30.4 Å². The number of ether oxygens (including phenoxy) is 1. The highest BCUT2D eigenvalue weighted by atomic mass is 32.2. The number of rotatable bonds is 11. The number of sulfone groups is 1. The highest BCUT2D eigenvalue weighted by molar-refractivity contribution is 7.91. The molecule has 176 valence electrons.